The van der Waals surface area contributed by atoms with Gasteiger partial charge in [-0.05, 0) is 63.0 Å². The Bertz CT molecular complexity index is 371. The van der Waals surface area contributed by atoms with E-state index in [4.69, 9.17) is 0 Å². The van der Waals surface area contributed by atoms with Crippen LogP contribution < -0.4 is 5.32 Å². The summed E-state index contributed by atoms with van der Waals surface area (Å²) in [6, 6.07) is 9.60. The molecule has 0 aromatic heterocycles. The number of aryl methyl sites for hydroxylation is 1. The zero-order chi connectivity index (χ0) is 13.8. The molecule has 0 saturated heterocycles. The van der Waals surface area contributed by atoms with E-state index < -0.39 is 0 Å². The second-order valence-electron chi connectivity index (χ2n) is 6.60. The molecule has 1 aliphatic carbocycles. The summed E-state index contributed by atoms with van der Waals surface area (Å²) in [6.45, 7) is 6.91. The Balaban J connectivity index is 2.01. The maximum absolute atomic E-state index is 3.55. The molecule has 0 amide bonds. The predicted molar refractivity (Wildman–Crippen MR) is 83.3 cm³/mol. The van der Waals surface area contributed by atoms with Crippen molar-refractivity contribution >= 4 is 0 Å². The lowest BCUT2D eigenvalue weighted by atomic mass is 9.73. The van der Waals surface area contributed by atoms with Crippen molar-refractivity contribution in [3.05, 3.63) is 35.4 Å². The number of hydrogen-bond acceptors (Lipinski definition) is 1. The van der Waals surface area contributed by atoms with E-state index in [0.717, 1.165) is 17.8 Å². The lowest BCUT2D eigenvalue weighted by Gasteiger charge is -2.35. The standard InChI is InChI=1S/C18H29N/c1-13(2)15-9-11-17(12-10-15)18(19-4)16-7-5-14(3)6-8-16/h5-8,13,15,17-19H,9-12H2,1-4H3. The predicted octanol–water partition coefficient (Wildman–Crippen LogP) is 4.72. The first-order valence-corrected chi connectivity index (χ1v) is 7.85. The first kappa shape index (κ1) is 14.6. The van der Waals surface area contributed by atoms with E-state index in [1.807, 2.05) is 0 Å². The van der Waals surface area contributed by atoms with Crippen molar-refractivity contribution < 1.29 is 0 Å². The summed E-state index contributed by atoms with van der Waals surface area (Å²) in [6.07, 6.45) is 5.57. The molecule has 1 atom stereocenters. The second-order valence-corrected chi connectivity index (χ2v) is 6.60. The molecule has 1 fully saturated rings. The van der Waals surface area contributed by atoms with E-state index in [2.05, 4.69) is 57.4 Å². The monoisotopic (exact) mass is 259 g/mol. The van der Waals surface area contributed by atoms with Crippen LogP contribution in [0.15, 0.2) is 24.3 Å². The summed E-state index contributed by atoms with van der Waals surface area (Å²) >= 11 is 0. The van der Waals surface area contributed by atoms with Gasteiger partial charge in [-0.3, -0.25) is 0 Å². The largest absolute Gasteiger partial charge is 0.313 e. The molecule has 19 heavy (non-hydrogen) atoms. The fourth-order valence-corrected chi connectivity index (χ4v) is 3.59. The van der Waals surface area contributed by atoms with Crippen LogP contribution in [-0.4, -0.2) is 7.05 Å². The summed E-state index contributed by atoms with van der Waals surface area (Å²) in [5.41, 5.74) is 2.81. The molecule has 1 heteroatoms. The third-order valence-corrected chi connectivity index (χ3v) is 4.98. The molecule has 0 spiro atoms. The molecule has 0 aliphatic heterocycles. The highest BCUT2D eigenvalue weighted by Crippen LogP contribution is 2.39. The third kappa shape index (κ3) is 3.60. The van der Waals surface area contributed by atoms with Crippen LogP contribution in [0.1, 0.15) is 56.7 Å². The Morgan fingerprint density at radius 1 is 0.947 bits per heavy atom. The minimum Gasteiger partial charge on any atom is -0.313 e. The van der Waals surface area contributed by atoms with Crippen molar-refractivity contribution in [1.82, 2.24) is 5.32 Å². The van der Waals surface area contributed by atoms with Crippen molar-refractivity contribution in [2.75, 3.05) is 7.05 Å². The lowest BCUT2D eigenvalue weighted by Crippen LogP contribution is -2.29. The molecule has 1 aromatic carbocycles. The first-order chi connectivity index (χ1) is 9.11. The topological polar surface area (TPSA) is 12.0 Å². The van der Waals surface area contributed by atoms with Crippen molar-refractivity contribution in [3.63, 3.8) is 0 Å². The Kier molecular flexibility index (Phi) is 5.04. The van der Waals surface area contributed by atoms with Gasteiger partial charge in [-0.15, -0.1) is 0 Å². The fourth-order valence-electron chi connectivity index (χ4n) is 3.59. The normalized spacial score (nSPS) is 25.5. The van der Waals surface area contributed by atoms with Gasteiger partial charge in [0, 0.05) is 6.04 Å². The van der Waals surface area contributed by atoms with Gasteiger partial charge in [0.15, 0.2) is 0 Å². The zero-order valence-corrected chi connectivity index (χ0v) is 12.9. The van der Waals surface area contributed by atoms with E-state index in [0.29, 0.717) is 6.04 Å². The summed E-state index contributed by atoms with van der Waals surface area (Å²) in [5, 5.41) is 3.55. The van der Waals surface area contributed by atoms with Gasteiger partial charge < -0.3 is 5.32 Å². The van der Waals surface area contributed by atoms with Crippen LogP contribution in [0.25, 0.3) is 0 Å². The molecule has 0 heterocycles. The fraction of sp³-hybridized carbons (Fsp3) is 0.667. The van der Waals surface area contributed by atoms with Gasteiger partial charge in [-0.2, -0.15) is 0 Å². The SMILES string of the molecule is CNC(c1ccc(C)cc1)C1CCC(C(C)C)CC1. The highest BCUT2D eigenvalue weighted by molar-refractivity contribution is 5.24. The van der Waals surface area contributed by atoms with E-state index in [-0.39, 0.29) is 0 Å². The van der Waals surface area contributed by atoms with Crippen molar-refractivity contribution in [2.45, 2.75) is 52.5 Å². The number of rotatable bonds is 4. The molecule has 0 bridgehead atoms. The average Bonchev–Trinajstić information content (AvgIpc) is 2.42. The second kappa shape index (κ2) is 6.56. The maximum Gasteiger partial charge on any atom is 0.0346 e. The average molecular weight is 259 g/mol. The zero-order valence-electron chi connectivity index (χ0n) is 12.9. The summed E-state index contributed by atoms with van der Waals surface area (Å²) in [7, 11) is 2.11. The third-order valence-electron chi connectivity index (χ3n) is 4.98. The minimum atomic E-state index is 0.536. The molecule has 1 saturated carbocycles. The van der Waals surface area contributed by atoms with Crippen LogP contribution in [0.3, 0.4) is 0 Å². The lowest BCUT2D eigenvalue weighted by molar-refractivity contribution is 0.192. The molecular formula is C18H29N. The van der Waals surface area contributed by atoms with Crippen LogP contribution in [-0.2, 0) is 0 Å². The molecule has 1 N–H and O–H groups in total. The first-order valence-electron chi connectivity index (χ1n) is 7.85. The number of nitrogens with one attached hydrogen (secondary N) is 1. The number of hydrogen-bond donors (Lipinski definition) is 1. The van der Waals surface area contributed by atoms with E-state index in [1.54, 1.807) is 0 Å². The molecule has 1 aromatic rings. The van der Waals surface area contributed by atoms with Crippen LogP contribution in [0.2, 0.25) is 0 Å². The maximum atomic E-state index is 3.55. The Labute approximate surface area is 118 Å². The van der Waals surface area contributed by atoms with Crippen LogP contribution >= 0.6 is 0 Å². The molecule has 106 valence electrons. The summed E-state index contributed by atoms with van der Waals surface area (Å²) < 4.78 is 0. The summed E-state index contributed by atoms with van der Waals surface area (Å²) in [5.74, 6) is 2.61. The quantitative estimate of drug-likeness (QED) is 0.825. The van der Waals surface area contributed by atoms with Gasteiger partial charge in [0.2, 0.25) is 0 Å². The highest BCUT2D eigenvalue weighted by Gasteiger charge is 2.28. The van der Waals surface area contributed by atoms with E-state index in [9.17, 15) is 0 Å². The number of benzene rings is 1. The van der Waals surface area contributed by atoms with Gasteiger partial charge in [0.05, 0.1) is 0 Å². The van der Waals surface area contributed by atoms with Gasteiger partial charge in [0.1, 0.15) is 0 Å². The highest BCUT2D eigenvalue weighted by atomic mass is 14.9. The van der Waals surface area contributed by atoms with Gasteiger partial charge in [-0.1, -0.05) is 43.7 Å². The Morgan fingerprint density at radius 3 is 1.95 bits per heavy atom. The van der Waals surface area contributed by atoms with E-state index in [1.165, 1.54) is 36.8 Å². The summed E-state index contributed by atoms with van der Waals surface area (Å²) in [4.78, 5) is 0. The van der Waals surface area contributed by atoms with Crippen molar-refractivity contribution in [2.24, 2.45) is 17.8 Å². The Hall–Kier alpha value is -0.820. The van der Waals surface area contributed by atoms with Gasteiger partial charge in [0.25, 0.3) is 0 Å². The van der Waals surface area contributed by atoms with Crippen molar-refractivity contribution in [3.8, 4) is 0 Å². The van der Waals surface area contributed by atoms with E-state index >= 15 is 0 Å². The molecule has 1 unspecified atom stereocenters. The van der Waals surface area contributed by atoms with Crippen LogP contribution in [0.4, 0.5) is 0 Å². The van der Waals surface area contributed by atoms with Gasteiger partial charge >= 0.3 is 0 Å². The van der Waals surface area contributed by atoms with Crippen LogP contribution in [0, 0.1) is 24.7 Å². The smallest absolute Gasteiger partial charge is 0.0346 e. The van der Waals surface area contributed by atoms with Crippen molar-refractivity contribution in [1.29, 1.82) is 0 Å². The molecule has 0 radical (unpaired) electrons. The molecule has 1 aliphatic rings. The van der Waals surface area contributed by atoms with Crippen LogP contribution in [0.5, 0.6) is 0 Å². The molecule has 2 rings (SSSR count). The Morgan fingerprint density at radius 2 is 1.47 bits per heavy atom. The molecular weight excluding hydrogens is 230 g/mol. The minimum absolute atomic E-state index is 0.536. The molecule has 1 nitrogen and oxygen atoms in total. The van der Waals surface area contributed by atoms with Gasteiger partial charge in [-0.25, -0.2) is 0 Å².